The third-order valence-corrected chi connectivity index (χ3v) is 6.56. The highest BCUT2D eigenvalue weighted by Crippen LogP contribution is 2.27. The zero-order chi connectivity index (χ0) is 25.0. The summed E-state index contributed by atoms with van der Waals surface area (Å²) >= 11 is 0. The second kappa shape index (κ2) is 10.9. The Morgan fingerprint density at radius 3 is 2.56 bits per heavy atom. The summed E-state index contributed by atoms with van der Waals surface area (Å²) in [5.41, 5.74) is 2.50. The summed E-state index contributed by atoms with van der Waals surface area (Å²) in [6.07, 6.45) is 1.63. The number of ether oxygens (including phenoxy) is 3. The van der Waals surface area contributed by atoms with E-state index in [1.165, 1.54) is 7.11 Å². The molecule has 0 radical (unpaired) electrons. The predicted molar refractivity (Wildman–Crippen MR) is 128 cm³/mol. The molecule has 0 bridgehead atoms. The van der Waals surface area contributed by atoms with Gasteiger partial charge in [-0.25, -0.2) is 4.79 Å². The zero-order valence-electron chi connectivity index (χ0n) is 20.8. The summed E-state index contributed by atoms with van der Waals surface area (Å²) < 4.78 is 17.8. The Labute approximate surface area is 200 Å². The van der Waals surface area contributed by atoms with Crippen molar-refractivity contribution in [2.75, 3.05) is 27.4 Å². The lowest BCUT2D eigenvalue weighted by Gasteiger charge is -2.31. The minimum atomic E-state index is -0.765. The van der Waals surface area contributed by atoms with Gasteiger partial charge in [0.25, 0.3) is 5.91 Å². The first kappa shape index (κ1) is 25.5. The maximum atomic E-state index is 13.8. The van der Waals surface area contributed by atoms with Crippen molar-refractivity contribution in [3.8, 4) is 5.75 Å². The second-order valence-corrected chi connectivity index (χ2v) is 8.53. The lowest BCUT2D eigenvalue weighted by molar-refractivity contribution is 0.0410. The van der Waals surface area contributed by atoms with Crippen molar-refractivity contribution >= 4 is 17.7 Å². The van der Waals surface area contributed by atoms with E-state index in [9.17, 15) is 14.4 Å². The fourth-order valence-electron chi connectivity index (χ4n) is 4.71. The number of hydrogen-bond donors (Lipinski definition) is 0. The van der Waals surface area contributed by atoms with Gasteiger partial charge in [-0.15, -0.1) is 0 Å². The van der Waals surface area contributed by atoms with E-state index < -0.39 is 12.0 Å². The zero-order valence-corrected chi connectivity index (χ0v) is 20.8. The summed E-state index contributed by atoms with van der Waals surface area (Å²) in [4.78, 5) is 41.5. The number of esters is 1. The SMILES string of the molecule is CCn1c(C)c(C(=O)C(C)N(CC2CCCO2)C(=O)c2cccc(OC)c2)c(C)c1C(=O)OC. The Kier molecular flexibility index (Phi) is 8.15. The molecular formula is C26H34N2O6. The van der Waals surface area contributed by atoms with E-state index in [1.807, 2.05) is 13.8 Å². The van der Waals surface area contributed by atoms with Crippen LogP contribution in [0, 0.1) is 13.8 Å². The molecule has 1 aromatic carbocycles. The molecule has 1 fully saturated rings. The van der Waals surface area contributed by atoms with E-state index in [-0.39, 0.29) is 17.8 Å². The highest BCUT2D eigenvalue weighted by Gasteiger charge is 2.35. The number of aromatic nitrogens is 1. The van der Waals surface area contributed by atoms with Crippen LogP contribution in [0.25, 0.3) is 0 Å². The highest BCUT2D eigenvalue weighted by atomic mass is 16.5. The summed E-state index contributed by atoms with van der Waals surface area (Å²) in [5, 5.41) is 0. The molecule has 1 aliphatic heterocycles. The maximum absolute atomic E-state index is 13.8. The fraction of sp³-hybridized carbons (Fsp3) is 0.500. The minimum absolute atomic E-state index is 0.127. The third kappa shape index (κ3) is 4.87. The number of carbonyl (C=O) groups excluding carboxylic acids is 3. The molecule has 2 unspecified atom stereocenters. The number of Topliss-reactive ketones (excluding diaryl/α,β-unsaturated/α-hetero) is 1. The van der Waals surface area contributed by atoms with Crippen LogP contribution in [0.1, 0.15) is 69.2 Å². The largest absolute Gasteiger partial charge is 0.497 e. The van der Waals surface area contributed by atoms with Gasteiger partial charge in [-0.05, 0) is 64.3 Å². The molecule has 0 saturated carbocycles. The molecule has 3 rings (SSSR count). The number of carbonyl (C=O) groups is 3. The first-order valence-electron chi connectivity index (χ1n) is 11.6. The molecule has 1 amide bonds. The van der Waals surface area contributed by atoms with Crippen molar-refractivity contribution in [1.29, 1.82) is 0 Å². The van der Waals surface area contributed by atoms with Gasteiger partial charge < -0.3 is 23.7 Å². The van der Waals surface area contributed by atoms with Gasteiger partial charge in [-0.2, -0.15) is 0 Å². The van der Waals surface area contributed by atoms with E-state index in [2.05, 4.69) is 0 Å². The maximum Gasteiger partial charge on any atom is 0.354 e. The van der Waals surface area contributed by atoms with Crippen LogP contribution in [0.5, 0.6) is 5.75 Å². The van der Waals surface area contributed by atoms with Gasteiger partial charge in [0.05, 0.1) is 26.4 Å². The van der Waals surface area contributed by atoms with Crippen molar-refractivity contribution in [1.82, 2.24) is 9.47 Å². The van der Waals surface area contributed by atoms with Gasteiger partial charge in [0, 0.05) is 36.5 Å². The van der Waals surface area contributed by atoms with E-state index in [0.717, 1.165) is 12.8 Å². The number of nitrogens with zero attached hydrogens (tertiary/aromatic N) is 2. The first-order chi connectivity index (χ1) is 16.2. The standard InChI is InChI=1S/C26H34N2O6/c1-7-27-17(3)22(16(2)23(27)26(31)33-6)24(29)18(4)28(15-21-12-9-13-34-21)25(30)19-10-8-11-20(14-19)32-5/h8,10-11,14,18,21H,7,9,12-13,15H2,1-6H3. The molecule has 2 heterocycles. The number of methoxy groups -OCH3 is 2. The van der Waals surface area contributed by atoms with Crippen LogP contribution in [-0.2, 0) is 16.0 Å². The molecule has 0 aliphatic carbocycles. The number of rotatable bonds is 9. The predicted octanol–water partition coefficient (Wildman–Crippen LogP) is 3.81. The van der Waals surface area contributed by atoms with Gasteiger partial charge in [-0.3, -0.25) is 9.59 Å². The first-order valence-corrected chi connectivity index (χ1v) is 11.6. The van der Waals surface area contributed by atoms with Gasteiger partial charge in [0.1, 0.15) is 11.4 Å². The average molecular weight is 471 g/mol. The van der Waals surface area contributed by atoms with Crippen LogP contribution in [0.3, 0.4) is 0 Å². The Morgan fingerprint density at radius 2 is 1.97 bits per heavy atom. The van der Waals surface area contributed by atoms with Crippen molar-refractivity contribution in [2.24, 2.45) is 0 Å². The lowest BCUT2D eigenvalue weighted by atomic mass is 9.98. The lowest BCUT2D eigenvalue weighted by Crippen LogP contribution is -2.47. The van der Waals surface area contributed by atoms with Crippen molar-refractivity contribution in [2.45, 2.75) is 59.2 Å². The Morgan fingerprint density at radius 1 is 1.24 bits per heavy atom. The molecule has 1 aliphatic rings. The average Bonchev–Trinajstić information content (AvgIpc) is 3.45. The Balaban J connectivity index is 2.01. The van der Waals surface area contributed by atoms with Crippen LogP contribution in [-0.4, -0.2) is 66.6 Å². The van der Waals surface area contributed by atoms with Crippen molar-refractivity contribution in [3.05, 3.63) is 52.3 Å². The van der Waals surface area contributed by atoms with Gasteiger partial charge in [-0.1, -0.05) is 6.07 Å². The topological polar surface area (TPSA) is 87.1 Å². The quantitative estimate of drug-likeness (QED) is 0.409. The van der Waals surface area contributed by atoms with Crippen LogP contribution in [0.4, 0.5) is 0 Å². The van der Waals surface area contributed by atoms with E-state index >= 15 is 0 Å². The van der Waals surface area contributed by atoms with Gasteiger partial charge in [0.2, 0.25) is 0 Å². The van der Waals surface area contributed by atoms with E-state index in [1.54, 1.807) is 54.7 Å². The summed E-state index contributed by atoms with van der Waals surface area (Å²) in [6.45, 7) is 8.67. The molecule has 2 aromatic rings. The normalized spacial score (nSPS) is 16.2. The Bertz CT molecular complexity index is 1070. The fourth-order valence-corrected chi connectivity index (χ4v) is 4.71. The van der Waals surface area contributed by atoms with E-state index in [0.29, 0.717) is 53.5 Å². The van der Waals surface area contributed by atoms with Crippen LogP contribution >= 0.6 is 0 Å². The van der Waals surface area contributed by atoms with Crippen LogP contribution < -0.4 is 4.74 Å². The highest BCUT2D eigenvalue weighted by molar-refractivity contribution is 6.07. The Hall–Kier alpha value is -3.13. The molecule has 8 nitrogen and oxygen atoms in total. The van der Waals surface area contributed by atoms with Gasteiger partial charge in [0.15, 0.2) is 5.78 Å². The molecule has 2 atom stereocenters. The number of benzene rings is 1. The number of hydrogen-bond acceptors (Lipinski definition) is 6. The third-order valence-electron chi connectivity index (χ3n) is 6.56. The molecule has 184 valence electrons. The van der Waals surface area contributed by atoms with Crippen LogP contribution in [0.15, 0.2) is 24.3 Å². The summed E-state index contributed by atoms with van der Waals surface area (Å²) in [5.74, 6) is -0.413. The smallest absolute Gasteiger partial charge is 0.354 e. The second-order valence-electron chi connectivity index (χ2n) is 8.53. The molecule has 0 N–H and O–H groups in total. The molecular weight excluding hydrogens is 436 g/mol. The number of ketones is 1. The van der Waals surface area contributed by atoms with Crippen molar-refractivity contribution in [3.63, 3.8) is 0 Å². The number of amides is 1. The van der Waals surface area contributed by atoms with Gasteiger partial charge >= 0.3 is 5.97 Å². The molecule has 0 spiro atoms. The molecule has 34 heavy (non-hydrogen) atoms. The van der Waals surface area contributed by atoms with E-state index in [4.69, 9.17) is 14.2 Å². The monoisotopic (exact) mass is 470 g/mol. The summed E-state index contributed by atoms with van der Waals surface area (Å²) in [6, 6.07) is 6.13. The molecule has 8 heteroatoms. The minimum Gasteiger partial charge on any atom is -0.497 e. The summed E-state index contributed by atoms with van der Waals surface area (Å²) in [7, 11) is 2.87. The molecule has 1 saturated heterocycles. The molecule has 1 aromatic heterocycles. The van der Waals surface area contributed by atoms with Crippen LogP contribution in [0.2, 0.25) is 0 Å². The van der Waals surface area contributed by atoms with Crippen molar-refractivity contribution < 1.29 is 28.6 Å².